The van der Waals surface area contributed by atoms with Crippen LogP contribution in [0.15, 0.2) is 58.7 Å². The Bertz CT molecular complexity index is 684. The van der Waals surface area contributed by atoms with Crippen molar-refractivity contribution in [3.8, 4) is 0 Å². The summed E-state index contributed by atoms with van der Waals surface area (Å²) in [6.07, 6.45) is 1.92. The van der Waals surface area contributed by atoms with Gasteiger partial charge in [0.2, 0.25) is 0 Å². The first kappa shape index (κ1) is 13.2. The van der Waals surface area contributed by atoms with Crippen molar-refractivity contribution in [2.75, 3.05) is 11.9 Å². The van der Waals surface area contributed by atoms with Crippen molar-refractivity contribution in [1.82, 2.24) is 0 Å². The highest BCUT2D eigenvalue weighted by atomic mass is 79.9. The molecule has 0 saturated heterocycles. The second-order valence-corrected chi connectivity index (χ2v) is 5.71. The summed E-state index contributed by atoms with van der Waals surface area (Å²) in [6.45, 7) is -0.119. The molecule has 4 heteroatoms. The average molecular weight is 331 g/mol. The zero-order valence-electron chi connectivity index (χ0n) is 10.8. The average Bonchev–Trinajstić information content (AvgIpc) is 2.47. The fourth-order valence-corrected chi connectivity index (χ4v) is 3.20. The Kier molecular flexibility index (Phi) is 3.28. The van der Waals surface area contributed by atoms with Crippen LogP contribution in [0.4, 0.5) is 5.69 Å². The molecule has 0 aliphatic carbocycles. The van der Waals surface area contributed by atoms with Crippen LogP contribution in [0.2, 0.25) is 0 Å². The van der Waals surface area contributed by atoms with Gasteiger partial charge in [-0.2, -0.15) is 0 Å². The molecule has 1 atom stereocenters. The second-order valence-electron chi connectivity index (χ2n) is 4.86. The summed E-state index contributed by atoms with van der Waals surface area (Å²) in [5, 5.41) is 13.4. The Labute approximate surface area is 126 Å². The number of rotatable bonds is 2. The molecule has 2 aromatic rings. The molecular formula is C16H15BrN2O. The number of para-hydroxylation sites is 1. The van der Waals surface area contributed by atoms with Gasteiger partial charge in [-0.1, -0.05) is 52.3 Å². The highest BCUT2D eigenvalue weighted by Gasteiger charge is 2.38. The van der Waals surface area contributed by atoms with Crippen LogP contribution in [0.5, 0.6) is 0 Å². The fraction of sp³-hybridized carbons (Fsp3) is 0.125. The summed E-state index contributed by atoms with van der Waals surface area (Å²) in [7, 11) is 0. The lowest BCUT2D eigenvalue weighted by Crippen LogP contribution is -2.46. The molecule has 0 fully saturated rings. The molecule has 4 N–H and O–H groups in total. The van der Waals surface area contributed by atoms with Gasteiger partial charge in [0.1, 0.15) is 5.54 Å². The molecule has 0 saturated carbocycles. The molecule has 0 aromatic heterocycles. The number of nitrogens with one attached hydrogen (secondary N) is 1. The van der Waals surface area contributed by atoms with Gasteiger partial charge in [-0.3, -0.25) is 0 Å². The maximum Gasteiger partial charge on any atom is 0.127 e. The van der Waals surface area contributed by atoms with Gasteiger partial charge in [-0.15, -0.1) is 0 Å². The number of anilines is 1. The van der Waals surface area contributed by atoms with Gasteiger partial charge in [0.15, 0.2) is 0 Å². The lowest BCUT2D eigenvalue weighted by molar-refractivity contribution is 0.232. The maximum absolute atomic E-state index is 10.0. The summed E-state index contributed by atoms with van der Waals surface area (Å²) < 4.78 is 0.914. The fourth-order valence-electron chi connectivity index (χ4n) is 2.58. The quantitative estimate of drug-likeness (QED) is 0.793. The van der Waals surface area contributed by atoms with Crippen molar-refractivity contribution >= 4 is 27.7 Å². The number of hydrogen-bond donors (Lipinski definition) is 3. The predicted octanol–water partition coefficient (Wildman–Crippen LogP) is 3.06. The van der Waals surface area contributed by atoms with E-state index < -0.39 is 5.54 Å². The molecule has 0 spiro atoms. The van der Waals surface area contributed by atoms with E-state index in [2.05, 4.69) is 21.2 Å². The maximum atomic E-state index is 10.0. The number of hydrogen-bond acceptors (Lipinski definition) is 3. The van der Waals surface area contributed by atoms with Crippen molar-refractivity contribution in [2.45, 2.75) is 5.54 Å². The minimum Gasteiger partial charge on any atom is -0.400 e. The van der Waals surface area contributed by atoms with E-state index in [1.165, 1.54) is 0 Å². The first-order chi connectivity index (χ1) is 9.67. The lowest BCUT2D eigenvalue weighted by atomic mass is 9.83. The van der Waals surface area contributed by atoms with Crippen LogP contribution in [0, 0.1) is 0 Å². The lowest BCUT2D eigenvalue weighted by Gasteiger charge is -2.39. The van der Waals surface area contributed by atoms with Crippen molar-refractivity contribution in [3.63, 3.8) is 0 Å². The molecule has 3 rings (SSSR count). The van der Waals surface area contributed by atoms with Gasteiger partial charge in [0, 0.05) is 15.9 Å². The van der Waals surface area contributed by atoms with Gasteiger partial charge >= 0.3 is 0 Å². The van der Waals surface area contributed by atoms with Gasteiger partial charge in [-0.25, -0.2) is 0 Å². The zero-order valence-corrected chi connectivity index (χ0v) is 12.4. The normalized spacial score (nSPS) is 20.8. The SMILES string of the molecule is NC1=Cc2ccccc2NC1(CO)c1ccccc1Br. The van der Waals surface area contributed by atoms with Crippen molar-refractivity contribution < 1.29 is 5.11 Å². The van der Waals surface area contributed by atoms with Crippen LogP contribution >= 0.6 is 15.9 Å². The first-order valence-corrected chi connectivity index (χ1v) is 7.17. The molecule has 102 valence electrons. The summed E-state index contributed by atoms with van der Waals surface area (Å²) in [6, 6.07) is 15.7. The van der Waals surface area contributed by atoms with Gasteiger partial charge < -0.3 is 16.2 Å². The van der Waals surface area contributed by atoms with Crippen LogP contribution in [0.1, 0.15) is 11.1 Å². The zero-order chi connectivity index (χ0) is 14.2. The summed E-state index contributed by atoms with van der Waals surface area (Å²) in [5.74, 6) is 0. The van der Waals surface area contributed by atoms with Crippen molar-refractivity contribution in [2.24, 2.45) is 5.73 Å². The van der Waals surface area contributed by atoms with Crippen molar-refractivity contribution in [1.29, 1.82) is 0 Å². The summed E-state index contributed by atoms with van der Waals surface area (Å²) >= 11 is 3.54. The third-order valence-corrected chi connectivity index (χ3v) is 4.37. The first-order valence-electron chi connectivity index (χ1n) is 6.38. The van der Waals surface area contributed by atoms with Crippen LogP contribution in [-0.2, 0) is 5.54 Å². The van der Waals surface area contributed by atoms with Gasteiger partial charge in [0.25, 0.3) is 0 Å². The van der Waals surface area contributed by atoms with E-state index in [9.17, 15) is 5.11 Å². The molecule has 0 radical (unpaired) electrons. The minimum atomic E-state index is -0.797. The van der Waals surface area contributed by atoms with Crippen LogP contribution in [0.3, 0.4) is 0 Å². The van der Waals surface area contributed by atoms with Crippen molar-refractivity contribution in [3.05, 3.63) is 69.8 Å². The van der Waals surface area contributed by atoms with E-state index in [-0.39, 0.29) is 6.61 Å². The molecule has 1 aliphatic heterocycles. The molecule has 2 aromatic carbocycles. The Hall–Kier alpha value is -1.78. The Morgan fingerprint density at radius 2 is 1.80 bits per heavy atom. The van der Waals surface area contributed by atoms with E-state index in [1.807, 2.05) is 54.6 Å². The smallest absolute Gasteiger partial charge is 0.127 e. The topological polar surface area (TPSA) is 58.3 Å². The molecule has 3 nitrogen and oxygen atoms in total. The highest BCUT2D eigenvalue weighted by molar-refractivity contribution is 9.10. The Morgan fingerprint density at radius 1 is 1.10 bits per heavy atom. The second kappa shape index (κ2) is 4.96. The highest BCUT2D eigenvalue weighted by Crippen LogP contribution is 2.40. The number of aliphatic hydroxyl groups is 1. The predicted molar refractivity (Wildman–Crippen MR) is 85.1 cm³/mol. The molecule has 0 amide bonds. The minimum absolute atomic E-state index is 0.119. The standard InChI is InChI=1S/C16H15BrN2O/c17-13-7-3-2-6-12(13)16(10-20)15(18)9-11-5-1-4-8-14(11)19-16/h1-9,19-20H,10,18H2. The summed E-state index contributed by atoms with van der Waals surface area (Å²) in [5.41, 5.74) is 8.98. The monoisotopic (exact) mass is 330 g/mol. The number of aliphatic hydroxyl groups excluding tert-OH is 1. The van der Waals surface area contributed by atoms with Crippen LogP contribution < -0.4 is 11.1 Å². The largest absolute Gasteiger partial charge is 0.400 e. The number of fused-ring (bicyclic) bond motifs is 1. The van der Waals surface area contributed by atoms with Gasteiger partial charge in [-0.05, 0) is 29.3 Å². The molecular weight excluding hydrogens is 316 g/mol. The van der Waals surface area contributed by atoms with Crippen LogP contribution in [-0.4, -0.2) is 11.7 Å². The Balaban J connectivity index is 2.19. The third kappa shape index (κ3) is 1.92. The number of halogens is 1. The van der Waals surface area contributed by atoms with E-state index in [4.69, 9.17) is 5.73 Å². The van der Waals surface area contributed by atoms with E-state index in [0.717, 1.165) is 21.3 Å². The van der Waals surface area contributed by atoms with E-state index in [0.29, 0.717) is 5.70 Å². The number of benzene rings is 2. The van der Waals surface area contributed by atoms with Gasteiger partial charge in [0.05, 0.1) is 6.61 Å². The molecule has 1 aliphatic rings. The van der Waals surface area contributed by atoms with Crippen LogP contribution in [0.25, 0.3) is 6.08 Å². The summed E-state index contributed by atoms with van der Waals surface area (Å²) in [4.78, 5) is 0. The van der Waals surface area contributed by atoms with E-state index in [1.54, 1.807) is 0 Å². The molecule has 20 heavy (non-hydrogen) atoms. The molecule has 0 bridgehead atoms. The Morgan fingerprint density at radius 3 is 2.55 bits per heavy atom. The molecule has 1 unspecified atom stereocenters. The third-order valence-electron chi connectivity index (χ3n) is 3.68. The molecule has 1 heterocycles. The van der Waals surface area contributed by atoms with E-state index >= 15 is 0 Å². The number of nitrogens with two attached hydrogens (primary N) is 1.